The number of hydrogen-bond donors (Lipinski definition) is 0. The second-order valence-electron chi connectivity index (χ2n) is 5.16. The van der Waals surface area contributed by atoms with Crippen LogP contribution in [0.25, 0.3) is 0 Å². The molecule has 0 N–H and O–H groups in total. The van der Waals surface area contributed by atoms with Crippen molar-refractivity contribution in [2.45, 2.75) is 32.2 Å². The van der Waals surface area contributed by atoms with Crippen LogP contribution in [0.3, 0.4) is 0 Å². The highest BCUT2D eigenvalue weighted by Gasteiger charge is 2.30. The van der Waals surface area contributed by atoms with E-state index in [1.807, 2.05) is 0 Å². The van der Waals surface area contributed by atoms with Gasteiger partial charge in [-0.25, -0.2) is 0 Å². The van der Waals surface area contributed by atoms with Crippen LogP contribution in [0.5, 0.6) is 0 Å². The molecule has 0 saturated heterocycles. The Kier molecular flexibility index (Phi) is 2.98. The van der Waals surface area contributed by atoms with Crippen molar-refractivity contribution in [3.05, 3.63) is 35.4 Å². The molecule has 0 unspecified atom stereocenters. The van der Waals surface area contributed by atoms with Crippen LogP contribution in [0, 0.1) is 11.3 Å². The van der Waals surface area contributed by atoms with Crippen molar-refractivity contribution in [1.82, 2.24) is 4.90 Å². The summed E-state index contributed by atoms with van der Waals surface area (Å²) in [5.41, 5.74) is 3.07. The molecular formula is C14H18N2. The zero-order chi connectivity index (χ0) is 11.6. The summed E-state index contributed by atoms with van der Waals surface area (Å²) in [6.07, 6.45) is 0.623. The first kappa shape index (κ1) is 11.2. The van der Waals surface area contributed by atoms with Gasteiger partial charge in [-0.1, -0.05) is 38.1 Å². The molecule has 0 amide bonds. The Labute approximate surface area is 97.5 Å². The minimum Gasteiger partial charge on any atom is -0.297 e. The lowest BCUT2D eigenvalue weighted by Gasteiger charge is -2.39. The Morgan fingerprint density at radius 2 is 2.12 bits per heavy atom. The van der Waals surface area contributed by atoms with Gasteiger partial charge in [0.2, 0.25) is 0 Å². The van der Waals surface area contributed by atoms with E-state index in [0.717, 1.165) is 19.6 Å². The van der Waals surface area contributed by atoms with Gasteiger partial charge in [0.05, 0.1) is 6.07 Å². The van der Waals surface area contributed by atoms with Gasteiger partial charge < -0.3 is 0 Å². The molecule has 0 aliphatic carbocycles. The van der Waals surface area contributed by atoms with Gasteiger partial charge in [-0.3, -0.25) is 4.90 Å². The Morgan fingerprint density at radius 1 is 1.38 bits per heavy atom. The molecule has 2 rings (SSSR count). The van der Waals surface area contributed by atoms with Gasteiger partial charge in [0.15, 0.2) is 0 Å². The fourth-order valence-corrected chi connectivity index (χ4v) is 2.63. The lowest BCUT2D eigenvalue weighted by Crippen LogP contribution is -2.42. The summed E-state index contributed by atoms with van der Waals surface area (Å²) < 4.78 is 0. The van der Waals surface area contributed by atoms with Crippen LogP contribution >= 0.6 is 0 Å². The predicted octanol–water partition coefficient (Wildman–Crippen LogP) is 2.69. The SMILES string of the molecule is CC1(C)CN(CCC#N)Cc2ccccc21. The maximum Gasteiger partial charge on any atom is 0.0635 e. The fraction of sp³-hybridized carbons (Fsp3) is 0.500. The van der Waals surface area contributed by atoms with Crippen molar-refractivity contribution in [1.29, 1.82) is 5.26 Å². The summed E-state index contributed by atoms with van der Waals surface area (Å²) in [5, 5.41) is 8.65. The number of hydrogen-bond acceptors (Lipinski definition) is 2. The van der Waals surface area contributed by atoms with Crippen LogP contribution in [0.2, 0.25) is 0 Å². The van der Waals surface area contributed by atoms with Gasteiger partial charge >= 0.3 is 0 Å². The minimum atomic E-state index is 0.199. The maximum atomic E-state index is 8.65. The van der Waals surface area contributed by atoms with Crippen LogP contribution in [-0.2, 0) is 12.0 Å². The molecule has 0 radical (unpaired) electrons. The number of rotatable bonds is 2. The van der Waals surface area contributed by atoms with Crippen LogP contribution in [-0.4, -0.2) is 18.0 Å². The van der Waals surface area contributed by atoms with Crippen LogP contribution in [0.15, 0.2) is 24.3 Å². The molecule has 1 heterocycles. The van der Waals surface area contributed by atoms with Crippen molar-refractivity contribution in [3.8, 4) is 6.07 Å². The Bertz CT molecular complexity index is 415. The van der Waals surface area contributed by atoms with Crippen LogP contribution in [0.1, 0.15) is 31.4 Å². The summed E-state index contributed by atoms with van der Waals surface area (Å²) in [6, 6.07) is 10.9. The van der Waals surface area contributed by atoms with Crippen LogP contribution in [0.4, 0.5) is 0 Å². The van der Waals surface area contributed by atoms with Crippen molar-refractivity contribution in [2.75, 3.05) is 13.1 Å². The number of nitriles is 1. The first-order valence-corrected chi connectivity index (χ1v) is 5.81. The van der Waals surface area contributed by atoms with E-state index in [1.165, 1.54) is 11.1 Å². The lowest BCUT2D eigenvalue weighted by molar-refractivity contribution is 0.198. The fourth-order valence-electron chi connectivity index (χ4n) is 2.63. The van der Waals surface area contributed by atoms with E-state index in [-0.39, 0.29) is 5.41 Å². The van der Waals surface area contributed by atoms with Crippen molar-refractivity contribution in [2.24, 2.45) is 0 Å². The zero-order valence-corrected chi connectivity index (χ0v) is 10.0. The van der Waals surface area contributed by atoms with E-state index in [1.54, 1.807) is 0 Å². The van der Waals surface area contributed by atoms with E-state index in [0.29, 0.717) is 6.42 Å². The summed E-state index contributed by atoms with van der Waals surface area (Å²) in [5.74, 6) is 0. The van der Waals surface area contributed by atoms with Gasteiger partial charge in [0.1, 0.15) is 0 Å². The highest BCUT2D eigenvalue weighted by Crippen LogP contribution is 2.32. The molecule has 1 aromatic carbocycles. The van der Waals surface area contributed by atoms with Crippen molar-refractivity contribution in [3.63, 3.8) is 0 Å². The molecule has 0 aromatic heterocycles. The summed E-state index contributed by atoms with van der Waals surface area (Å²) >= 11 is 0. The molecule has 0 fully saturated rings. The minimum absolute atomic E-state index is 0.199. The smallest absolute Gasteiger partial charge is 0.0635 e. The Balaban J connectivity index is 2.23. The second kappa shape index (κ2) is 4.27. The van der Waals surface area contributed by atoms with Gasteiger partial charge in [-0.2, -0.15) is 5.26 Å². The Morgan fingerprint density at radius 3 is 2.88 bits per heavy atom. The lowest BCUT2D eigenvalue weighted by atomic mass is 9.78. The molecule has 1 aromatic rings. The molecule has 1 aliphatic heterocycles. The van der Waals surface area contributed by atoms with E-state index in [9.17, 15) is 0 Å². The van der Waals surface area contributed by atoms with Gasteiger partial charge in [-0.15, -0.1) is 0 Å². The van der Waals surface area contributed by atoms with E-state index < -0.39 is 0 Å². The quantitative estimate of drug-likeness (QED) is 0.757. The molecule has 1 aliphatic rings. The molecule has 16 heavy (non-hydrogen) atoms. The van der Waals surface area contributed by atoms with Gasteiger partial charge in [0, 0.05) is 31.5 Å². The molecule has 2 nitrogen and oxygen atoms in total. The molecule has 0 bridgehead atoms. The maximum absolute atomic E-state index is 8.65. The molecule has 84 valence electrons. The monoisotopic (exact) mass is 214 g/mol. The van der Waals surface area contributed by atoms with E-state index in [4.69, 9.17) is 5.26 Å². The summed E-state index contributed by atoms with van der Waals surface area (Å²) in [7, 11) is 0. The average molecular weight is 214 g/mol. The van der Waals surface area contributed by atoms with E-state index in [2.05, 4.69) is 49.1 Å². The van der Waals surface area contributed by atoms with Gasteiger partial charge in [-0.05, 0) is 11.1 Å². The molecule has 0 spiro atoms. The zero-order valence-electron chi connectivity index (χ0n) is 10.0. The first-order valence-electron chi connectivity index (χ1n) is 5.81. The average Bonchev–Trinajstić information content (AvgIpc) is 2.25. The van der Waals surface area contributed by atoms with Crippen molar-refractivity contribution >= 4 is 0 Å². The summed E-state index contributed by atoms with van der Waals surface area (Å²) in [4.78, 5) is 2.38. The number of benzene rings is 1. The molecular weight excluding hydrogens is 196 g/mol. The number of fused-ring (bicyclic) bond motifs is 1. The summed E-state index contributed by atoms with van der Waals surface area (Å²) in [6.45, 7) is 7.48. The topological polar surface area (TPSA) is 27.0 Å². The first-order chi connectivity index (χ1) is 7.63. The predicted molar refractivity (Wildman–Crippen MR) is 65.0 cm³/mol. The standard InChI is InChI=1S/C14H18N2/c1-14(2)11-16(9-5-8-15)10-12-6-3-4-7-13(12)14/h3-4,6-7H,5,9-11H2,1-2H3. The Hall–Kier alpha value is -1.33. The molecule has 0 saturated carbocycles. The normalized spacial score (nSPS) is 18.8. The van der Waals surface area contributed by atoms with E-state index >= 15 is 0 Å². The van der Waals surface area contributed by atoms with Crippen molar-refractivity contribution < 1.29 is 0 Å². The second-order valence-corrected chi connectivity index (χ2v) is 5.16. The van der Waals surface area contributed by atoms with Gasteiger partial charge in [0.25, 0.3) is 0 Å². The van der Waals surface area contributed by atoms with Crippen LogP contribution < -0.4 is 0 Å². The largest absolute Gasteiger partial charge is 0.297 e. The third kappa shape index (κ3) is 2.10. The third-order valence-electron chi connectivity index (χ3n) is 3.30. The molecule has 0 atom stereocenters. The number of nitrogens with zero attached hydrogens (tertiary/aromatic N) is 2. The molecule has 2 heteroatoms. The third-order valence-corrected chi connectivity index (χ3v) is 3.30. The highest BCUT2D eigenvalue weighted by molar-refractivity contribution is 5.35. The highest BCUT2D eigenvalue weighted by atomic mass is 15.1.